The summed E-state index contributed by atoms with van der Waals surface area (Å²) in [5.74, 6) is -0.813. The number of phenolic OH excluding ortho intramolecular Hbond substituents is 1. The van der Waals surface area contributed by atoms with Crippen LogP contribution in [0.5, 0.6) is 5.75 Å². The van der Waals surface area contributed by atoms with Crippen LogP contribution < -0.4 is 4.90 Å². The average Bonchev–Trinajstić information content (AvgIpc) is 3.06. The lowest BCUT2D eigenvalue weighted by Crippen LogP contribution is -2.29. The topological polar surface area (TPSA) is 62.5 Å². The van der Waals surface area contributed by atoms with Crippen LogP contribution in [0.1, 0.15) is 17.9 Å². The van der Waals surface area contributed by atoms with Gasteiger partial charge in [-0.1, -0.05) is 18.2 Å². The molecular formula is C19H16N2O3. The number of carbonyl (C=O) groups excluding carboxylic acids is 2. The van der Waals surface area contributed by atoms with Crippen LogP contribution in [-0.2, 0) is 16.6 Å². The fraction of sp³-hybridized carbons (Fsp3) is 0.158. The van der Waals surface area contributed by atoms with Crippen molar-refractivity contribution < 1.29 is 14.7 Å². The number of carbonyl (C=O) groups is 2. The fourth-order valence-corrected chi connectivity index (χ4v) is 3.40. The van der Waals surface area contributed by atoms with E-state index in [1.165, 1.54) is 17.0 Å². The predicted octanol–water partition coefficient (Wildman–Crippen LogP) is 2.93. The first kappa shape index (κ1) is 14.5. The van der Waals surface area contributed by atoms with Gasteiger partial charge in [-0.25, -0.2) is 0 Å². The van der Waals surface area contributed by atoms with Gasteiger partial charge < -0.3 is 9.67 Å². The van der Waals surface area contributed by atoms with Crippen LogP contribution in [0.2, 0.25) is 0 Å². The van der Waals surface area contributed by atoms with Crippen molar-refractivity contribution >= 4 is 28.4 Å². The summed E-state index contributed by atoms with van der Waals surface area (Å²) in [7, 11) is 1.94. The normalized spacial score (nSPS) is 17.9. The molecule has 0 bridgehead atoms. The number of hydrogen-bond acceptors (Lipinski definition) is 3. The summed E-state index contributed by atoms with van der Waals surface area (Å²) in [5.41, 5.74) is 2.41. The zero-order valence-electron chi connectivity index (χ0n) is 13.1. The minimum atomic E-state index is -0.475. The number of imide groups is 1. The van der Waals surface area contributed by atoms with Crippen molar-refractivity contribution in [2.45, 2.75) is 12.3 Å². The van der Waals surface area contributed by atoms with Gasteiger partial charge in [0.1, 0.15) is 5.75 Å². The number of amides is 2. The molecule has 24 heavy (non-hydrogen) atoms. The fourth-order valence-electron chi connectivity index (χ4n) is 3.40. The summed E-state index contributed by atoms with van der Waals surface area (Å²) >= 11 is 0. The number of fused-ring (bicyclic) bond motifs is 1. The van der Waals surface area contributed by atoms with E-state index in [-0.39, 0.29) is 24.0 Å². The summed E-state index contributed by atoms with van der Waals surface area (Å²) in [4.78, 5) is 26.5. The van der Waals surface area contributed by atoms with Crippen molar-refractivity contribution in [3.05, 3.63) is 60.3 Å². The maximum atomic E-state index is 12.9. The molecule has 0 spiro atoms. The Kier molecular flexibility index (Phi) is 3.16. The molecule has 5 heteroatoms. The number of rotatable bonds is 2. The van der Waals surface area contributed by atoms with E-state index in [1.807, 2.05) is 42.1 Å². The molecule has 1 N–H and O–H groups in total. The lowest BCUT2D eigenvalue weighted by atomic mass is 9.97. The minimum Gasteiger partial charge on any atom is -0.508 e. The highest BCUT2D eigenvalue weighted by Crippen LogP contribution is 2.37. The van der Waals surface area contributed by atoms with Crippen LogP contribution >= 0.6 is 0 Å². The van der Waals surface area contributed by atoms with Crippen molar-refractivity contribution in [1.29, 1.82) is 0 Å². The second-order valence-electron chi connectivity index (χ2n) is 6.05. The molecule has 5 nitrogen and oxygen atoms in total. The number of aromatic nitrogens is 1. The van der Waals surface area contributed by atoms with Crippen molar-refractivity contribution in [2.24, 2.45) is 7.05 Å². The van der Waals surface area contributed by atoms with Gasteiger partial charge in [-0.05, 0) is 35.9 Å². The SMILES string of the molecule is Cn1cc([C@@H]2CC(=O)N(c3ccc(O)cc3)C2=O)c2ccccc21. The average molecular weight is 320 g/mol. The quantitative estimate of drug-likeness (QED) is 0.739. The van der Waals surface area contributed by atoms with Crippen LogP contribution in [0.25, 0.3) is 10.9 Å². The molecule has 2 aromatic carbocycles. The lowest BCUT2D eigenvalue weighted by Gasteiger charge is -2.15. The van der Waals surface area contributed by atoms with E-state index in [4.69, 9.17) is 0 Å². The van der Waals surface area contributed by atoms with E-state index < -0.39 is 5.92 Å². The highest BCUT2D eigenvalue weighted by atomic mass is 16.3. The third-order valence-corrected chi connectivity index (χ3v) is 4.56. The van der Waals surface area contributed by atoms with Gasteiger partial charge in [0.25, 0.3) is 0 Å². The molecule has 1 atom stereocenters. The van der Waals surface area contributed by atoms with Crippen LogP contribution in [0.15, 0.2) is 54.7 Å². The number of phenols is 1. The first-order valence-corrected chi connectivity index (χ1v) is 7.76. The molecule has 1 aromatic heterocycles. The van der Waals surface area contributed by atoms with Gasteiger partial charge in [-0.2, -0.15) is 0 Å². The van der Waals surface area contributed by atoms with Gasteiger partial charge >= 0.3 is 0 Å². The van der Waals surface area contributed by atoms with Crippen molar-refractivity contribution in [1.82, 2.24) is 4.57 Å². The molecule has 0 saturated carbocycles. The molecule has 1 aliphatic rings. The van der Waals surface area contributed by atoms with E-state index in [0.29, 0.717) is 5.69 Å². The van der Waals surface area contributed by atoms with E-state index in [1.54, 1.807) is 12.1 Å². The highest BCUT2D eigenvalue weighted by molar-refractivity contribution is 6.23. The molecule has 1 saturated heterocycles. The van der Waals surface area contributed by atoms with Gasteiger partial charge in [0.15, 0.2) is 0 Å². The van der Waals surface area contributed by atoms with E-state index >= 15 is 0 Å². The van der Waals surface area contributed by atoms with Gasteiger partial charge in [0.05, 0.1) is 11.6 Å². The third kappa shape index (κ3) is 2.09. The monoisotopic (exact) mass is 320 g/mol. The number of anilines is 1. The van der Waals surface area contributed by atoms with E-state index in [2.05, 4.69) is 0 Å². The molecule has 2 amide bonds. The van der Waals surface area contributed by atoms with Crippen LogP contribution in [0, 0.1) is 0 Å². The zero-order chi connectivity index (χ0) is 16.8. The molecule has 0 radical (unpaired) electrons. The maximum absolute atomic E-state index is 12.9. The van der Waals surface area contributed by atoms with Crippen LogP contribution in [-0.4, -0.2) is 21.5 Å². The summed E-state index contributed by atoms with van der Waals surface area (Å²) in [6.07, 6.45) is 2.09. The van der Waals surface area contributed by atoms with Crippen LogP contribution in [0.3, 0.4) is 0 Å². The van der Waals surface area contributed by atoms with Crippen molar-refractivity contribution in [2.75, 3.05) is 4.90 Å². The van der Waals surface area contributed by atoms with E-state index in [0.717, 1.165) is 16.5 Å². The van der Waals surface area contributed by atoms with Gasteiger partial charge in [-0.15, -0.1) is 0 Å². The number of hydrogen-bond donors (Lipinski definition) is 1. The number of aryl methyl sites for hydroxylation is 1. The Labute approximate surface area is 138 Å². The lowest BCUT2D eigenvalue weighted by molar-refractivity contribution is -0.121. The maximum Gasteiger partial charge on any atom is 0.241 e. The summed E-state index contributed by atoms with van der Waals surface area (Å²) < 4.78 is 1.98. The van der Waals surface area contributed by atoms with Crippen LogP contribution in [0.4, 0.5) is 5.69 Å². The Balaban J connectivity index is 1.76. The second kappa shape index (κ2) is 5.23. The molecule has 3 aromatic rings. The van der Waals surface area contributed by atoms with Gasteiger partial charge in [-0.3, -0.25) is 14.5 Å². The van der Waals surface area contributed by atoms with E-state index in [9.17, 15) is 14.7 Å². The zero-order valence-corrected chi connectivity index (χ0v) is 13.1. The second-order valence-corrected chi connectivity index (χ2v) is 6.05. The number of benzene rings is 2. The first-order chi connectivity index (χ1) is 11.6. The third-order valence-electron chi connectivity index (χ3n) is 4.56. The highest BCUT2D eigenvalue weighted by Gasteiger charge is 2.41. The number of para-hydroxylation sites is 1. The molecule has 0 unspecified atom stereocenters. The Morgan fingerprint density at radius 3 is 2.50 bits per heavy atom. The van der Waals surface area contributed by atoms with Gasteiger partial charge in [0, 0.05) is 30.6 Å². The molecule has 120 valence electrons. The molecule has 1 fully saturated rings. The smallest absolute Gasteiger partial charge is 0.241 e. The Morgan fingerprint density at radius 2 is 1.75 bits per heavy atom. The number of nitrogens with zero attached hydrogens (tertiary/aromatic N) is 2. The standard InChI is InChI=1S/C19H16N2O3/c1-20-11-16(14-4-2-3-5-17(14)20)15-10-18(23)21(19(15)24)12-6-8-13(22)9-7-12/h2-9,11,15,22H,10H2,1H3/t15-/m0/s1. The summed E-state index contributed by atoms with van der Waals surface area (Å²) in [6.45, 7) is 0. The largest absolute Gasteiger partial charge is 0.508 e. The number of aromatic hydroxyl groups is 1. The molecular weight excluding hydrogens is 304 g/mol. The first-order valence-electron chi connectivity index (χ1n) is 7.76. The predicted molar refractivity (Wildman–Crippen MR) is 90.9 cm³/mol. The Hall–Kier alpha value is -3.08. The summed E-state index contributed by atoms with van der Waals surface area (Å²) in [6, 6.07) is 14.0. The van der Waals surface area contributed by atoms with Gasteiger partial charge in [0.2, 0.25) is 11.8 Å². The molecule has 4 rings (SSSR count). The minimum absolute atomic E-state index is 0.100. The molecule has 0 aliphatic carbocycles. The Bertz CT molecular complexity index is 956. The Morgan fingerprint density at radius 1 is 1.04 bits per heavy atom. The summed E-state index contributed by atoms with van der Waals surface area (Å²) in [5, 5.41) is 10.4. The van der Waals surface area contributed by atoms with Crippen molar-refractivity contribution in [3.63, 3.8) is 0 Å². The van der Waals surface area contributed by atoms with Crippen molar-refractivity contribution in [3.8, 4) is 5.75 Å². The molecule has 2 heterocycles. The molecule has 1 aliphatic heterocycles.